The molecule has 0 saturated heterocycles. The predicted octanol–water partition coefficient (Wildman–Crippen LogP) is 2.01. The zero-order valence-electron chi connectivity index (χ0n) is 10.2. The number of carbonyl (C=O) groups is 2. The third-order valence-electron chi connectivity index (χ3n) is 2.04. The van der Waals surface area contributed by atoms with E-state index >= 15 is 0 Å². The molecule has 0 aliphatic rings. The molecule has 0 heterocycles. The van der Waals surface area contributed by atoms with Gasteiger partial charge >= 0.3 is 12.0 Å². The van der Waals surface area contributed by atoms with Gasteiger partial charge in [-0.2, -0.15) is 5.26 Å². The van der Waals surface area contributed by atoms with Crippen molar-refractivity contribution in [3.05, 3.63) is 28.2 Å². The van der Waals surface area contributed by atoms with Crippen LogP contribution >= 0.6 is 15.9 Å². The van der Waals surface area contributed by atoms with Gasteiger partial charge in [-0.1, -0.05) is 0 Å². The van der Waals surface area contributed by atoms with Gasteiger partial charge in [0.25, 0.3) is 0 Å². The molecular weight excluding hydrogens is 314 g/mol. The number of esters is 1. The first-order chi connectivity index (χ1) is 9.06. The molecule has 0 spiro atoms. The van der Waals surface area contributed by atoms with Gasteiger partial charge in [0.15, 0.2) is 0 Å². The number of hydrogen-bond donors (Lipinski definition) is 2. The molecule has 2 amide bonds. The monoisotopic (exact) mass is 325 g/mol. The van der Waals surface area contributed by atoms with Crippen molar-refractivity contribution in [3.63, 3.8) is 0 Å². The van der Waals surface area contributed by atoms with Gasteiger partial charge in [-0.05, 0) is 41.1 Å². The number of amides is 2. The second-order valence-electron chi connectivity index (χ2n) is 3.42. The van der Waals surface area contributed by atoms with Crippen LogP contribution in [0.1, 0.15) is 12.5 Å². The smallest absolute Gasteiger partial charge is 0.325 e. The molecule has 6 nitrogen and oxygen atoms in total. The number of nitriles is 1. The van der Waals surface area contributed by atoms with Crippen LogP contribution in [0, 0.1) is 11.3 Å². The van der Waals surface area contributed by atoms with Gasteiger partial charge in [-0.15, -0.1) is 0 Å². The summed E-state index contributed by atoms with van der Waals surface area (Å²) in [4.78, 5) is 22.6. The van der Waals surface area contributed by atoms with Crippen LogP contribution in [0.2, 0.25) is 0 Å². The lowest BCUT2D eigenvalue weighted by atomic mass is 10.2. The number of ether oxygens (including phenoxy) is 1. The van der Waals surface area contributed by atoms with Gasteiger partial charge < -0.3 is 15.4 Å². The maximum atomic E-state index is 11.5. The molecule has 0 saturated carbocycles. The minimum atomic E-state index is -0.529. The number of urea groups is 1. The molecule has 0 aromatic heterocycles. The summed E-state index contributed by atoms with van der Waals surface area (Å²) in [6.07, 6.45) is 0. The Labute approximate surface area is 118 Å². The Kier molecular flexibility index (Phi) is 5.82. The van der Waals surface area contributed by atoms with Crippen molar-refractivity contribution in [2.75, 3.05) is 18.5 Å². The van der Waals surface area contributed by atoms with Crippen LogP contribution in [0.4, 0.5) is 10.5 Å². The molecule has 2 N–H and O–H groups in total. The Morgan fingerprint density at radius 2 is 2.21 bits per heavy atom. The van der Waals surface area contributed by atoms with Crippen molar-refractivity contribution in [1.29, 1.82) is 5.26 Å². The number of nitrogens with one attached hydrogen (secondary N) is 2. The molecule has 0 fully saturated rings. The minimum Gasteiger partial charge on any atom is -0.465 e. The highest BCUT2D eigenvalue weighted by atomic mass is 79.9. The molecule has 1 aromatic rings. The topological polar surface area (TPSA) is 91.2 Å². The number of halogens is 1. The number of benzene rings is 1. The van der Waals surface area contributed by atoms with Crippen LogP contribution in [-0.2, 0) is 9.53 Å². The largest absolute Gasteiger partial charge is 0.465 e. The second kappa shape index (κ2) is 7.38. The van der Waals surface area contributed by atoms with E-state index in [0.29, 0.717) is 15.7 Å². The summed E-state index contributed by atoms with van der Waals surface area (Å²) in [6.45, 7) is 1.75. The Balaban J connectivity index is 2.53. The first-order valence-corrected chi connectivity index (χ1v) is 6.26. The second-order valence-corrected chi connectivity index (χ2v) is 4.27. The average molecular weight is 326 g/mol. The molecule has 0 aliphatic heterocycles. The zero-order chi connectivity index (χ0) is 14.3. The lowest BCUT2D eigenvalue weighted by molar-refractivity contribution is -0.141. The van der Waals surface area contributed by atoms with Gasteiger partial charge in [0, 0.05) is 4.47 Å². The molecule has 1 aromatic carbocycles. The Bertz CT molecular complexity index is 525. The summed E-state index contributed by atoms with van der Waals surface area (Å²) >= 11 is 3.24. The highest BCUT2D eigenvalue weighted by Gasteiger charge is 2.08. The SMILES string of the molecule is CCOC(=O)CNC(=O)Nc1ccc(C#N)cc1Br. The standard InChI is InChI=1S/C12H12BrN3O3/c1-2-19-11(17)7-15-12(18)16-10-4-3-8(6-14)5-9(10)13/h3-5H,2,7H2,1H3,(H2,15,16,18). The van der Waals surface area contributed by atoms with Crippen molar-refractivity contribution in [1.82, 2.24) is 5.32 Å². The molecular formula is C12H12BrN3O3. The summed E-state index contributed by atoms with van der Waals surface area (Å²) < 4.78 is 5.25. The van der Waals surface area contributed by atoms with Crippen molar-refractivity contribution < 1.29 is 14.3 Å². The fraction of sp³-hybridized carbons (Fsp3) is 0.250. The number of anilines is 1. The molecule has 7 heteroatoms. The van der Waals surface area contributed by atoms with E-state index in [-0.39, 0.29) is 13.2 Å². The summed E-state index contributed by atoms with van der Waals surface area (Å²) in [5.41, 5.74) is 0.977. The molecule has 1 rings (SSSR count). The molecule has 0 bridgehead atoms. The van der Waals surface area contributed by atoms with Gasteiger partial charge in [0.05, 0.1) is 23.9 Å². The Morgan fingerprint density at radius 1 is 1.47 bits per heavy atom. The number of rotatable bonds is 4. The third-order valence-corrected chi connectivity index (χ3v) is 2.70. The number of hydrogen-bond acceptors (Lipinski definition) is 4. The van der Waals surface area contributed by atoms with Crippen molar-refractivity contribution in [2.24, 2.45) is 0 Å². The van der Waals surface area contributed by atoms with Gasteiger partial charge in [0.2, 0.25) is 0 Å². The first-order valence-electron chi connectivity index (χ1n) is 5.47. The average Bonchev–Trinajstić information content (AvgIpc) is 2.39. The molecule has 0 unspecified atom stereocenters. The summed E-state index contributed by atoms with van der Waals surface area (Å²) in [5.74, 6) is -0.503. The predicted molar refractivity (Wildman–Crippen MR) is 72.5 cm³/mol. The Hall–Kier alpha value is -2.07. The molecule has 0 radical (unpaired) electrons. The fourth-order valence-electron chi connectivity index (χ4n) is 1.22. The van der Waals surface area contributed by atoms with Crippen LogP contribution in [0.25, 0.3) is 0 Å². The van der Waals surface area contributed by atoms with Crippen LogP contribution in [-0.4, -0.2) is 25.2 Å². The number of nitrogens with zero attached hydrogens (tertiary/aromatic N) is 1. The van der Waals surface area contributed by atoms with E-state index in [2.05, 4.69) is 31.3 Å². The highest BCUT2D eigenvalue weighted by molar-refractivity contribution is 9.10. The minimum absolute atomic E-state index is 0.201. The van der Waals surface area contributed by atoms with E-state index in [0.717, 1.165) is 0 Å². The fourth-order valence-corrected chi connectivity index (χ4v) is 1.69. The van der Waals surface area contributed by atoms with Crippen LogP contribution in [0.3, 0.4) is 0 Å². The lowest BCUT2D eigenvalue weighted by Gasteiger charge is -2.08. The van der Waals surface area contributed by atoms with Crippen molar-refractivity contribution in [2.45, 2.75) is 6.92 Å². The zero-order valence-corrected chi connectivity index (χ0v) is 11.8. The van der Waals surface area contributed by atoms with Crippen LogP contribution in [0.5, 0.6) is 0 Å². The third kappa shape index (κ3) is 4.97. The summed E-state index contributed by atoms with van der Waals surface area (Å²) in [6, 6.07) is 6.20. The van der Waals surface area contributed by atoms with Gasteiger partial charge in [0.1, 0.15) is 6.54 Å². The van der Waals surface area contributed by atoms with Crippen molar-refractivity contribution >= 4 is 33.6 Å². The van der Waals surface area contributed by atoms with E-state index in [4.69, 9.17) is 5.26 Å². The number of carbonyl (C=O) groups excluding carboxylic acids is 2. The van der Waals surface area contributed by atoms with E-state index in [1.165, 1.54) is 0 Å². The summed E-state index contributed by atoms with van der Waals surface area (Å²) in [7, 11) is 0. The highest BCUT2D eigenvalue weighted by Crippen LogP contribution is 2.23. The van der Waals surface area contributed by atoms with E-state index in [1.54, 1.807) is 25.1 Å². The summed E-state index contributed by atoms with van der Waals surface area (Å²) in [5, 5.41) is 13.6. The first kappa shape index (κ1) is 15.0. The lowest BCUT2D eigenvalue weighted by Crippen LogP contribution is -2.34. The maximum Gasteiger partial charge on any atom is 0.325 e. The quantitative estimate of drug-likeness (QED) is 0.828. The molecule has 19 heavy (non-hydrogen) atoms. The van der Waals surface area contributed by atoms with Crippen LogP contribution < -0.4 is 10.6 Å². The normalized spacial score (nSPS) is 9.32. The van der Waals surface area contributed by atoms with E-state index < -0.39 is 12.0 Å². The Morgan fingerprint density at radius 3 is 2.79 bits per heavy atom. The molecule has 100 valence electrons. The molecule has 0 aliphatic carbocycles. The van der Waals surface area contributed by atoms with Gasteiger partial charge in [-0.25, -0.2) is 4.79 Å². The maximum absolute atomic E-state index is 11.5. The van der Waals surface area contributed by atoms with Crippen LogP contribution in [0.15, 0.2) is 22.7 Å². The van der Waals surface area contributed by atoms with E-state index in [9.17, 15) is 9.59 Å². The van der Waals surface area contributed by atoms with Gasteiger partial charge in [-0.3, -0.25) is 4.79 Å². The molecule has 0 atom stereocenters. The van der Waals surface area contributed by atoms with E-state index in [1.807, 2.05) is 6.07 Å². The van der Waals surface area contributed by atoms with Crippen molar-refractivity contribution in [3.8, 4) is 6.07 Å².